The molecule has 21 heavy (non-hydrogen) atoms. The van der Waals surface area contributed by atoms with Crippen LogP contribution in [0.2, 0.25) is 0 Å². The van der Waals surface area contributed by atoms with Crippen molar-refractivity contribution in [2.45, 2.75) is 27.3 Å². The highest BCUT2D eigenvalue weighted by atomic mass is 14.9. The Morgan fingerprint density at radius 1 is 0.952 bits per heavy atom. The van der Waals surface area contributed by atoms with Crippen molar-refractivity contribution in [1.29, 1.82) is 0 Å². The summed E-state index contributed by atoms with van der Waals surface area (Å²) < 4.78 is 0. The van der Waals surface area contributed by atoms with E-state index >= 15 is 0 Å². The van der Waals surface area contributed by atoms with E-state index in [-0.39, 0.29) is 0 Å². The predicted octanol–water partition coefficient (Wildman–Crippen LogP) is 3.81. The molecule has 0 aliphatic rings. The van der Waals surface area contributed by atoms with Crippen LogP contribution >= 0.6 is 0 Å². The standard InChI is InChI=1S/C16H21N3.C2H6/c1-13-11-15(7-8-16(13)17)19-10-9-18-12-14-5-3-2-4-6-14;1-2/h2-8,11,18-19H,9-10,12,17H2,1H3;1-2H3. The SMILES string of the molecule is CC.Cc1cc(NCCNCc2ccccc2)ccc1N. The Morgan fingerprint density at radius 2 is 1.67 bits per heavy atom. The van der Waals surface area contributed by atoms with Gasteiger partial charge in [0.1, 0.15) is 0 Å². The number of anilines is 2. The summed E-state index contributed by atoms with van der Waals surface area (Å²) in [5.74, 6) is 0. The minimum atomic E-state index is 0.841. The maximum Gasteiger partial charge on any atom is 0.0345 e. The number of hydrogen-bond acceptors (Lipinski definition) is 3. The van der Waals surface area contributed by atoms with Gasteiger partial charge in [-0.3, -0.25) is 0 Å². The van der Waals surface area contributed by atoms with Crippen molar-refractivity contribution in [3.63, 3.8) is 0 Å². The third-order valence-electron chi connectivity index (χ3n) is 3.07. The number of aryl methyl sites for hydroxylation is 1. The summed E-state index contributed by atoms with van der Waals surface area (Å²) in [5.41, 5.74) is 10.2. The topological polar surface area (TPSA) is 50.1 Å². The van der Waals surface area contributed by atoms with Crippen molar-refractivity contribution >= 4 is 11.4 Å². The lowest BCUT2D eigenvalue weighted by atomic mass is 10.2. The molecule has 0 heterocycles. The molecule has 3 heteroatoms. The van der Waals surface area contributed by atoms with E-state index in [0.717, 1.165) is 36.6 Å². The number of nitrogen functional groups attached to an aromatic ring is 1. The molecule has 2 aromatic rings. The molecule has 4 N–H and O–H groups in total. The van der Waals surface area contributed by atoms with Crippen LogP contribution in [-0.4, -0.2) is 13.1 Å². The van der Waals surface area contributed by atoms with Crippen LogP contribution in [0.3, 0.4) is 0 Å². The lowest BCUT2D eigenvalue weighted by molar-refractivity contribution is 0.707. The normalized spacial score (nSPS) is 9.67. The zero-order chi connectivity index (χ0) is 15.5. The van der Waals surface area contributed by atoms with E-state index in [1.807, 2.05) is 39.0 Å². The van der Waals surface area contributed by atoms with Gasteiger partial charge in [-0.05, 0) is 36.2 Å². The smallest absolute Gasteiger partial charge is 0.0345 e. The van der Waals surface area contributed by atoms with Crippen LogP contribution in [0, 0.1) is 6.92 Å². The van der Waals surface area contributed by atoms with Gasteiger partial charge >= 0.3 is 0 Å². The fourth-order valence-electron chi connectivity index (χ4n) is 1.91. The number of hydrogen-bond donors (Lipinski definition) is 3. The second kappa shape index (κ2) is 9.83. The zero-order valence-electron chi connectivity index (χ0n) is 13.3. The first-order valence-electron chi connectivity index (χ1n) is 7.60. The molecule has 3 nitrogen and oxygen atoms in total. The van der Waals surface area contributed by atoms with Crippen molar-refractivity contribution in [2.24, 2.45) is 0 Å². The van der Waals surface area contributed by atoms with Crippen LogP contribution in [0.25, 0.3) is 0 Å². The fourth-order valence-corrected chi connectivity index (χ4v) is 1.91. The van der Waals surface area contributed by atoms with Crippen LogP contribution in [0.1, 0.15) is 25.0 Å². The molecule has 0 unspecified atom stereocenters. The average molecular weight is 285 g/mol. The molecule has 0 amide bonds. The zero-order valence-corrected chi connectivity index (χ0v) is 13.3. The third kappa shape index (κ3) is 6.32. The van der Waals surface area contributed by atoms with E-state index in [9.17, 15) is 0 Å². The highest BCUT2D eigenvalue weighted by molar-refractivity contribution is 5.56. The summed E-state index contributed by atoms with van der Waals surface area (Å²) in [5, 5.41) is 6.79. The Hall–Kier alpha value is -2.00. The van der Waals surface area contributed by atoms with E-state index in [0.29, 0.717) is 0 Å². The highest BCUT2D eigenvalue weighted by Crippen LogP contribution is 2.15. The monoisotopic (exact) mass is 285 g/mol. The molecule has 0 radical (unpaired) electrons. The molecule has 0 aliphatic heterocycles. The van der Waals surface area contributed by atoms with Gasteiger partial charge in [0.25, 0.3) is 0 Å². The van der Waals surface area contributed by atoms with E-state index in [4.69, 9.17) is 5.73 Å². The van der Waals surface area contributed by atoms with Crippen LogP contribution in [0.5, 0.6) is 0 Å². The molecule has 2 aromatic carbocycles. The van der Waals surface area contributed by atoms with Gasteiger partial charge in [0.05, 0.1) is 0 Å². The Balaban J connectivity index is 0.00000106. The van der Waals surface area contributed by atoms with E-state index in [1.54, 1.807) is 0 Å². The van der Waals surface area contributed by atoms with E-state index < -0.39 is 0 Å². The Bertz CT molecular complexity index is 509. The van der Waals surface area contributed by atoms with Crippen LogP contribution in [-0.2, 0) is 6.54 Å². The molecule has 2 rings (SSSR count). The van der Waals surface area contributed by atoms with Gasteiger partial charge in [0.2, 0.25) is 0 Å². The fraction of sp³-hybridized carbons (Fsp3) is 0.333. The molecule has 114 valence electrons. The van der Waals surface area contributed by atoms with Crippen molar-refractivity contribution in [3.05, 3.63) is 59.7 Å². The molecular formula is C18H27N3. The summed E-state index contributed by atoms with van der Waals surface area (Å²) in [7, 11) is 0. The third-order valence-corrected chi connectivity index (χ3v) is 3.07. The minimum Gasteiger partial charge on any atom is -0.399 e. The van der Waals surface area contributed by atoms with E-state index in [1.165, 1.54) is 5.56 Å². The molecule has 0 atom stereocenters. The highest BCUT2D eigenvalue weighted by Gasteiger charge is 1.96. The van der Waals surface area contributed by atoms with Gasteiger partial charge in [0, 0.05) is 31.0 Å². The summed E-state index contributed by atoms with van der Waals surface area (Å²) >= 11 is 0. The molecule has 0 spiro atoms. The van der Waals surface area contributed by atoms with Gasteiger partial charge < -0.3 is 16.4 Å². The molecule has 0 aromatic heterocycles. The molecule has 0 bridgehead atoms. The van der Waals surface area contributed by atoms with E-state index in [2.05, 4.69) is 41.0 Å². The molecule has 0 fully saturated rings. The first-order chi connectivity index (χ1) is 10.3. The first kappa shape index (κ1) is 17.1. The number of nitrogens with two attached hydrogens (primary N) is 1. The second-order valence-corrected chi connectivity index (χ2v) is 4.66. The molecule has 0 saturated carbocycles. The van der Waals surface area contributed by atoms with Gasteiger partial charge in [0.15, 0.2) is 0 Å². The molecule has 0 saturated heterocycles. The lowest BCUT2D eigenvalue weighted by Gasteiger charge is -2.09. The summed E-state index contributed by atoms with van der Waals surface area (Å²) in [6.45, 7) is 8.76. The second-order valence-electron chi connectivity index (χ2n) is 4.66. The maximum absolute atomic E-state index is 5.79. The molecule has 0 aliphatic carbocycles. The van der Waals surface area contributed by atoms with Crippen molar-refractivity contribution in [1.82, 2.24) is 5.32 Å². The summed E-state index contributed by atoms with van der Waals surface area (Å²) in [4.78, 5) is 0. The Labute approximate surface area is 128 Å². The minimum absolute atomic E-state index is 0.841. The van der Waals surface area contributed by atoms with Crippen molar-refractivity contribution in [2.75, 3.05) is 24.1 Å². The average Bonchev–Trinajstić information content (AvgIpc) is 2.53. The molecular weight excluding hydrogens is 258 g/mol. The van der Waals surface area contributed by atoms with Gasteiger partial charge in [-0.25, -0.2) is 0 Å². The van der Waals surface area contributed by atoms with Crippen LogP contribution < -0.4 is 16.4 Å². The van der Waals surface area contributed by atoms with Gasteiger partial charge in [-0.15, -0.1) is 0 Å². The number of nitrogens with one attached hydrogen (secondary N) is 2. The maximum atomic E-state index is 5.79. The van der Waals surface area contributed by atoms with Crippen molar-refractivity contribution < 1.29 is 0 Å². The Morgan fingerprint density at radius 3 is 2.33 bits per heavy atom. The Kier molecular flexibility index (Phi) is 7.99. The van der Waals surface area contributed by atoms with Crippen LogP contribution in [0.4, 0.5) is 11.4 Å². The van der Waals surface area contributed by atoms with Gasteiger partial charge in [-0.1, -0.05) is 44.2 Å². The predicted molar refractivity (Wildman–Crippen MR) is 93.6 cm³/mol. The summed E-state index contributed by atoms with van der Waals surface area (Å²) in [6.07, 6.45) is 0. The summed E-state index contributed by atoms with van der Waals surface area (Å²) in [6, 6.07) is 16.4. The van der Waals surface area contributed by atoms with Gasteiger partial charge in [-0.2, -0.15) is 0 Å². The van der Waals surface area contributed by atoms with Crippen molar-refractivity contribution in [3.8, 4) is 0 Å². The lowest BCUT2D eigenvalue weighted by Crippen LogP contribution is -2.21. The first-order valence-corrected chi connectivity index (χ1v) is 7.60. The largest absolute Gasteiger partial charge is 0.399 e. The van der Waals surface area contributed by atoms with Crippen LogP contribution in [0.15, 0.2) is 48.5 Å². The number of rotatable bonds is 6. The number of benzene rings is 2. The quantitative estimate of drug-likeness (QED) is 0.559.